The van der Waals surface area contributed by atoms with Gasteiger partial charge in [0.15, 0.2) is 0 Å². The summed E-state index contributed by atoms with van der Waals surface area (Å²) < 4.78 is 18.3. The van der Waals surface area contributed by atoms with Crippen LogP contribution in [0.4, 0.5) is 10.1 Å². The number of carbonyl (C=O) groups is 1. The highest BCUT2D eigenvalue weighted by molar-refractivity contribution is 5.92. The molecule has 2 aromatic carbocycles. The van der Waals surface area contributed by atoms with E-state index in [1.165, 1.54) is 12.1 Å². The lowest BCUT2D eigenvalue weighted by Crippen LogP contribution is -2.15. The van der Waals surface area contributed by atoms with Gasteiger partial charge in [-0.3, -0.25) is 4.79 Å². The minimum atomic E-state index is -0.379. The van der Waals surface area contributed by atoms with Gasteiger partial charge in [0.25, 0.3) is 0 Å². The van der Waals surface area contributed by atoms with E-state index in [2.05, 4.69) is 5.32 Å². The maximum absolute atomic E-state index is 13.0. The van der Waals surface area contributed by atoms with Gasteiger partial charge in [-0.05, 0) is 31.2 Å². The number of amides is 1. The van der Waals surface area contributed by atoms with Crippen LogP contribution in [0.25, 0.3) is 0 Å². The second-order valence-electron chi connectivity index (χ2n) is 4.55. The zero-order chi connectivity index (χ0) is 14.5. The van der Waals surface area contributed by atoms with Crippen molar-refractivity contribution in [3.8, 4) is 5.75 Å². The lowest BCUT2D eigenvalue weighted by Gasteiger charge is -2.10. The predicted octanol–water partition coefficient (Wildman–Crippen LogP) is 3.32. The van der Waals surface area contributed by atoms with Crippen molar-refractivity contribution in [2.45, 2.75) is 13.3 Å². The van der Waals surface area contributed by atoms with Crippen LogP contribution >= 0.6 is 0 Å². The summed E-state index contributed by atoms with van der Waals surface area (Å²) in [7, 11) is 1.57. The molecule has 20 heavy (non-hydrogen) atoms. The molecular weight excluding hydrogens is 257 g/mol. The van der Waals surface area contributed by atoms with E-state index in [1.54, 1.807) is 19.2 Å². The summed E-state index contributed by atoms with van der Waals surface area (Å²) in [5, 5.41) is 2.67. The Morgan fingerprint density at radius 1 is 1.25 bits per heavy atom. The first-order valence-corrected chi connectivity index (χ1v) is 6.27. The van der Waals surface area contributed by atoms with Crippen LogP contribution in [0, 0.1) is 12.7 Å². The van der Waals surface area contributed by atoms with E-state index in [-0.39, 0.29) is 18.1 Å². The number of hydrogen-bond donors (Lipinski definition) is 1. The standard InChI is InChI=1S/C16H16FNO2/c1-11-6-7-15(20-2)12(8-11)9-16(19)18-14-5-3-4-13(17)10-14/h3-8,10H,9H2,1-2H3,(H,18,19). The summed E-state index contributed by atoms with van der Waals surface area (Å²) in [5.41, 5.74) is 2.31. The first-order valence-electron chi connectivity index (χ1n) is 6.27. The molecule has 0 aliphatic carbocycles. The SMILES string of the molecule is COc1ccc(C)cc1CC(=O)Nc1cccc(F)c1. The molecule has 104 valence electrons. The maximum Gasteiger partial charge on any atom is 0.228 e. The van der Waals surface area contributed by atoms with Crippen molar-refractivity contribution < 1.29 is 13.9 Å². The number of aryl methyl sites for hydroxylation is 1. The fraction of sp³-hybridized carbons (Fsp3) is 0.188. The third-order valence-corrected chi connectivity index (χ3v) is 2.90. The van der Waals surface area contributed by atoms with E-state index >= 15 is 0 Å². The summed E-state index contributed by atoms with van der Waals surface area (Å²) in [5.74, 6) is 0.0837. The van der Waals surface area contributed by atoms with Crippen LogP contribution in [0.5, 0.6) is 5.75 Å². The quantitative estimate of drug-likeness (QED) is 0.928. The molecule has 0 atom stereocenters. The van der Waals surface area contributed by atoms with Gasteiger partial charge in [0.1, 0.15) is 11.6 Å². The van der Waals surface area contributed by atoms with Gasteiger partial charge in [-0.25, -0.2) is 4.39 Å². The van der Waals surface area contributed by atoms with Gasteiger partial charge in [0.05, 0.1) is 13.5 Å². The number of carbonyl (C=O) groups excluding carboxylic acids is 1. The minimum absolute atomic E-state index is 0.182. The number of hydrogen-bond acceptors (Lipinski definition) is 2. The predicted molar refractivity (Wildman–Crippen MR) is 76.5 cm³/mol. The molecule has 1 amide bonds. The van der Waals surface area contributed by atoms with Crippen molar-refractivity contribution in [3.05, 3.63) is 59.4 Å². The Bertz CT molecular complexity index is 626. The van der Waals surface area contributed by atoms with E-state index in [9.17, 15) is 9.18 Å². The van der Waals surface area contributed by atoms with Crippen molar-refractivity contribution in [2.24, 2.45) is 0 Å². The summed E-state index contributed by atoms with van der Waals surface area (Å²) >= 11 is 0. The molecule has 0 spiro atoms. The highest BCUT2D eigenvalue weighted by Crippen LogP contribution is 2.20. The first-order chi connectivity index (χ1) is 9.58. The molecule has 3 nitrogen and oxygen atoms in total. The smallest absolute Gasteiger partial charge is 0.228 e. The second-order valence-corrected chi connectivity index (χ2v) is 4.55. The van der Waals surface area contributed by atoms with E-state index in [0.717, 1.165) is 11.1 Å². The van der Waals surface area contributed by atoms with E-state index < -0.39 is 0 Å². The van der Waals surface area contributed by atoms with Crippen molar-refractivity contribution >= 4 is 11.6 Å². The molecule has 1 N–H and O–H groups in total. The average molecular weight is 273 g/mol. The van der Waals surface area contributed by atoms with Crippen molar-refractivity contribution in [1.82, 2.24) is 0 Å². The summed E-state index contributed by atoms with van der Waals surface area (Å²) in [6.45, 7) is 1.95. The summed E-state index contributed by atoms with van der Waals surface area (Å²) in [6, 6.07) is 11.5. The number of halogens is 1. The molecule has 0 bridgehead atoms. The molecule has 0 fully saturated rings. The topological polar surface area (TPSA) is 38.3 Å². The molecule has 0 saturated carbocycles. The molecule has 0 heterocycles. The van der Waals surface area contributed by atoms with Crippen LogP contribution in [0.15, 0.2) is 42.5 Å². The Labute approximate surface area is 117 Å². The molecule has 0 unspecified atom stereocenters. The van der Waals surface area contributed by atoms with Crippen molar-refractivity contribution in [3.63, 3.8) is 0 Å². The first kappa shape index (κ1) is 14.1. The van der Waals surface area contributed by atoms with Crippen LogP contribution in [-0.4, -0.2) is 13.0 Å². The zero-order valence-corrected chi connectivity index (χ0v) is 11.4. The lowest BCUT2D eigenvalue weighted by atomic mass is 10.1. The number of rotatable bonds is 4. The molecule has 4 heteroatoms. The molecule has 0 radical (unpaired) electrons. The van der Waals surface area contributed by atoms with Crippen molar-refractivity contribution in [2.75, 3.05) is 12.4 Å². The third kappa shape index (κ3) is 3.57. The van der Waals surface area contributed by atoms with Gasteiger partial charge < -0.3 is 10.1 Å². The van der Waals surface area contributed by atoms with Crippen LogP contribution in [0.3, 0.4) is 0 Å². The van der Waals surface area contributed by atoms with Gasteiger partial charge in [-0.2, -0.15) is 0 Å². The Morgan fingerprint density at radius 2 is 2.05 bits per heavy atom. The van der Waals surface area contributed by atoms with E-state index in [0.29, 0.717) is 11.4 Å². The number of anilines is 1. The van der Waals surface area contributed by atoms with Gasteiger partial charge in [-0.15, -0.1) is 0 Å². The summed E-state index contributed by atoms with van der Waals surface area (Å²) in [6.07, 6.45) is 0.182. The molecule has 0 aliphatic rings. The van der Waals surface area contributed by atoms with Crippen LogP contribution in [0.2, 0.25) is 0 Å². The Kier molecular flexibility index (Phi) is 4.35. The minimum Gasteiger partial charge on any atom is -0.496 e. The largest absolute Gasteiger partial charge is 0.496 e. The van der Waals surface area contributed by atoms with Crippen LogP contribution < -0.4 is 10.1 Å². The number of ether oxygens (including phenoxy) is 1. The molecule has 2 rings (SSSR count). The highest BCUT2D eigenvalue weighted by atomic mass is 19.1. The second kappa shape index (κ2) is 6.19. The third-order valence-electron chi connectivity index (χ3n) is 2.90. The average Bonchev–Trinajstić information content (AvgIpc) is 2.38. The van der Waals surface area contributed by atoms with Gasteiger partial charge in [-0.1, -0.05) is 23.8 Å². The van der Waals surface area contributed by atoms with E-state index in [1.807, 2.05) is 25.1 Å². The fourth-order valence-corrected chi connectivity index (χ4v) is 1.99. The molecule has 2 aromatic rings. The highest BCUT2D eigenvalue weighted by Gasteiger charge is 2.09. The van der Waals surface area contributed by atoms with Gasteiger partial charge in [0, 0.05) is 11.3 Å². The molecule has 0 aliphatic heterocycles. The maximum atomic E-state index is 13.0. The Morgan fingerprint density at radius 3 is 2.75 bits per heavy atom. The Hall–Kier alpha value is -2.36. The number of nitrogens with one attached hydrogen (secondary N) is 1. The monoisotopic (exact) mass is 273 g/mol. The zero-order valence-electron chi connectivity index (χ0n) is 11.4. The number of benzene rings is 2. The number of methoxy groups -OCH3 is 1. The molecular formula is C16H16FNO2. The Balaban J connectivity index is 2.10. The molecule has 0 saturated heterocycles. The normalized spacial score (nSPS) is 10.2. The molecule has 0 aromatic heterocycles. The van der Waals surface area contributed by atoms with Gasteiger partial charge in [0.2, 0.25) is 5.91 Å². The van der Waals surface area contributed by atoms with Crippen LogP contribution in [-0.2, 0) is 11.2 Å². The van der Waals surface area contributed by atoms with E-state index in [4.69, 9.17) is 4.74 Å². The summed E-state index contributed by atoms with van der Waals surface area (Å²) in [4.78, 5) is 12.0. The van der Waals surface area contributed by atoms with Crippen LogP contribution in [0.1, 0.15) is 11.1 Å². The lowest BCUT2D eigenvalue weighted by molar-refractivity contribution is -0.115. The fourth-order valence-electron chi connectivity index (χ4n) is 1.99. The van der Waals surface area contributed by atoms with Gasteiger partial charge >= 0.3 is 0 Å². The van der Waals surface area contributed by atoms with Crippen molar-refractivity contribution in [1.29, 1.82) is 0 Å².